The van der Waals surface area contributed by atoms with Gasteiger partial charge in [0.05, 0.1) is 5.69 Å². The molecule has 15 rings (SSSR count). The van der Waals surface area contributed by atoms with E-state index in [0.717, 1.165) is 11.8 Å². The molecule has 4 saturated carbocycles. The van der Waals surface area contributed by atoms with Gasteiger partial charge in [-0.05, 0) is 176 Å². The second-order valence-electron chi connectivity index (χ2n) is 21.7. The zero-order valence-electron chi connectivity index (χ0n) is 38.0. The fourth-order valence-electron chi connectivity index (χ4n) is 15.4. The van der Waals surface area contributed by atoms with Crippen molar-refractivity contribution >= 4 is 17.1 Å². The molecule has 0 heterocycles. The molecule has 7 aliphatic rings. The van der Waals surface area contributed by atoms with E-state index in [1.165, 1.54) is 127 Å². The van der Waals surface area contributed by atoms with Crippen LogP contribution in [-0.2, 0) is 16.2 Å². The Hall–Kier alpha value is -6.44. The number of hydrogen-bond donors (Lipinski definition) is 0. The van der Waals surface area contributed by atoms with Crippen LogP contribution in [0.2, 0.25) is 0 Å². The van der Waals surface area contributed by atoms with Crippen molar-refractivity contribution in [2.45, 2.75) is 76.0 Å². The second kappa shape index (κ2) is 13.3. The van der Waals surface area contributed by atoms with Crippen molar-refractivity contribution in [3.63, 3.8) is 0 Å². The molecule has 316 valence electrons. The van der Waals surface area contributed by atoms with Gasteiger partial charge in [-0.3, -0.25) is 0 Å². The van der Waals surface area contributed by atoms with Gasteiger partial charge in [0.15, 0.2) is 0 Å². The van der Waals surface area contributed by atoms with Crippen molar-refractivity contribution < 1.29 is 0 Å². The summed E-state index contributed by atoms with van der Waals surface area (Å²) in [6.07, 6.45) is 6.96. The zero-order valence-corrected chi connectivity index (χ0v) is 38.0. The number of rotatable bonds is 5. The van der Waals surface area contributed by atoms with Crippen LogP contribution < -0.4 is 4.90 Å². The minimum Gasteiger partial charge on any atom is -0.310 e. The Morgan fingerprint density at radius 3 is 1.60 bits per heavy atom. The minimum absolute atomic E-state index is 0.0775. The molecule has 0 aromatic heterocycles. The van der Waals surface area contributed by atoms with Gasteiger partial charge in [-0.15, -0.1) is 0 Å². The van der Waals surface area contributed by atoms with Crippen LogP contribution in [0.25, 0.3) is 55.6 Å². The number of fused-ring (bicyclic) bond motifs is 9. The smallest absolute Gasteiger partial charge is 0.0540 e. The van der Waals surface area contributed by atoms with Gasteiger partial charge in [0.25, 0.3) is 0 Å². The van der Waals surface area contributed by atoms with Gasteiger partial charge in [0, 0.05) is 33.2 Å². The molecule has 65 heavy (non-hydrogen) atoms. The van der Waals surface area contributed by atoms with Crippen LogP contribution in [0.3, 0.4) is 0 Å². The van der Waals surface area contributed by atoms with E-state index in [4.69, 9.17) is 0 Å². The first kappa shape index (κ1) is 37.9. The standard InChI is InChI=1S/C64H55N/c1-62(2)55-23-9-5-18-49(55)52-29-27-42(37-58(52)62)47-17-8-12-26-60(47)65(45-16-13-15-41(36-45)48-21-14-22-54-51-20-6-10-24-56(51)63(3,4)61(48)54)46-28-30-53-50-19-7-11-25-57(50)64(59(53)38-46)43-32-39-31-40(34-43)35-44(64)33-39/h5-30,36-40,43-44H,31-35H2,1-4H3. The molecule has 0 aliphatic heterocycles. The fourth-order valence-corrected chi connectivity index (χ4v) is 15.4. The van der Waals surface area contributed by atoms with Gasteiger partial charge in [0.1, 0.15) is 0 Å². The first-order valence-electron chi connectivity index (χ1n) is 24.4. The highest BCUT2D eigenvalue weighted by Crippen LogP contribution is 2.70. The van der Waals surface area contributed by atoms with Crippen LogP contribution >= 0.6 is 0 Å². The molecule has 4 fully saturated rings. The van der Waals surface area contributed by atoms with Crippen molar-refractivity contribution in [1.29, 1.82) is 0 Å². The molecule has 0 atom stereocenters. The summed E-state index contributed by atoms with van der Waals surface area (Å²) in [4.78, 5) is 2.61. The zero-order chi connectivity index (χ0) is 43.4. The number of anilines is 3. The third-order valence-electron chi connectivity index (χ3n) is 17.8. The van der Waals surface area contributed by atoms with Gasteiger partial charge < -0.3 is 4.90 Å². The summed E-state index contributed by atoms with van der Waals surface area (Å²) >= 11 is 0. The first-order chi connectivity index (χ1) is 31.7. The molecular formula is C64H55N. The number of benzene rings is 8. The van der Waals surface area contributed by atoms with E-state index in [-0.39, 0.29) is 16.2 Å². The van der Waals surface area contributed by atoms with E-state index >= 15 is 0 Å². The maximum absolute atomic E-state index is 2.67. The predicted octanol–water partition coefficient (Wildman–Crippen LogP) is 16.8. The fraction of sp³-hybridized carbons (Fsp3) is 0.250. The molecule has 8 aromatic carbocycles. The Morgan fingerprint density at radius 1 is 0.354 bits per heavy atom. The molecule has 1 spiro atoms. The third kappa shape index (κ3) is 5.05. The molecule has 1 heteroatoms. The number of nitrogens with zero attached hydrogens (tertiary/aromatic N) is 1. The van der Waals surface area contributed by atoms with E-state index in [1.807, 2.05) is 0 Å². The van der Waals surface area contributed by atoms with Gasteiger partial charge >= 0.3 is 0 Å². The number of hydrogen-bond acceptors (Lipinski definition) is 1. The van der Waals surface area contributed by atoms with Gasteiger partial charge in [-0.2, -0.15) is 0 Å². The average Bonchev–Trinajstić information content (AvgIpc) is 3.85. The molecule has 7 aliphatic carbocycles. The van der Waals surface area contributed by atoms with Crippen molar-refractivity contribution in [1.82, 2.24) is 0 Å². The van der Waals surface area contributed by atoms with Gasteiger partial charge in [-0.1, -0.05) is 167 Å². The normalized spacial score (nSPS) is 23.7. The summed E-state index contributed by atoms with van der Waals surface area (Å²) in [5.41, 5.74) is 25.8. The highest BCUT2D eigenvalue weighted by Gasteiger charge is 2.61. The van der Waals surface area contributed by atoms with E-state index in [1.54, 1.807) is 11.1 Å². The maximum atomic E-state index is 2.67. The molecule has 0 unspecified atom stereocenters. The van der Waals surface area contributed by atoms with Crippen molar-refractivity contribution in [2.75, 3.05) is 4.90 Å². The minimum atomic E-state index is -0.117. The van der Waals surface area contributed by atoms with Gasteiger partial charge in [-0.25, -0.2) is 0 Å². The highest BCUT2D eigenvalue weighted by molar-refractivity contribution is 5.94. The summed E-state index contributed by atoms with van der Waals surface area (Å²) in [5.74, 6) is 3.20. The molecular weight excluding hydrogens is 783 g/mol. The summed E-state index contributed by atoms with van der Waals surface area (Å²) in [5, 5.41) is 0. The lowest BCUT2D eigenvalue weighted by atomic mass is 9.43. The quantitative estimate of drug-likeness (QED) is 0.167. The second-order valence-corrected chi connectivity index (χ2v) is 21.7. The van der Waals surface area contributed by atoms with Crippen LogP contribution in [-0.4, -0.2) is 0 Å². The predicted molar refractivity (Wildman–Crippen MR) is 270 cm³/mol. The largest absolute Gasteiger partial charge is 0.310 e. The highest BCUT2D eigenvalue weighted by atomic mass is 15.1. The lowest BCUT2D eigenvalue weighted by Gasteiger charge is -2.61. The first-order valence-corrected chi connectivity index (χ1v) is 24.4. The Morgan fingerprint density at radius 2 is 0.862 bits per heavy atom. The number of para-hydroxylation sites is 1. The van der Waals surface area contributed by atoms with Gasteiger partial charge in [0.2, 0.25) is 0 Å². The summed E-state index contributed by atoms with van der Waals surface area (Å²) in [7, 11) is 0. The molecule has 0 amide bonds. The SMILES string of the molecule is CC1(C)c2ccccc2-c2ccc(-c3ccccc3N(c3cccc(-c4cccc5c4C(C)(C)c4ccccc4-5)c3)c3ccc4c(c3)C3(c5ccccc5-4)C4CC5CC(C4)CC3C5)cc21. The van der Waals surface area contributed by atoms with Crippen molar-refractivity contribution in [2.24, 2.45) is 23.7 Å². The van der Waals surface area contributed by atoms with Crippen LogP contribution in [0.4, 0.5) is 17.1 Å². The van der Waals surface area contributed by atoms with Crippen LogP contribution in [0.15, 0.2) is 176 Å². The van der Waals surface area contributed by atoms with E-state index in [2.05, 4.69) is 209 Å². The van der Waals surface area contributed by atoms with E-state index in [0.29, 0.717) is 11.8 Å². The molecule has 1 nitrogen and oxygen atoms in total. The third-order valence-corrected chi connectivity index (χ3v) is 17.8. The van der Waals surface area contributed by atoms with E-state index < -0.39 is 0 Å². The summed E-state index contributed by atoms with van der Waals surface area (Å²) < 4.78 is 0. The summed E-state index contributed by atoms with van der Waals surface area (Å²) in [6.45, 7) is 9.61. The molecule has 0 radical (unpaired) electrons. The lowest BCUT2D eigenvalue weighted by molar-refractivity contribution is -0.0399. The Labute approximate surface area is 384 Å². The van der Waals surface area contributed by atoms with Crippen LogP contribution in [0.1, 0.15) is 93.2 Å². The molecule has 0 saturated heterocycles. The van der Waals surface area contributed by atoms with Crippen LogP contribution in [0, 0.1) is 23.7 Å². The van der Waals surface area contributed by atoms with E-state index in [9.17, 15) is 0 Å². The van der Waals surface area contributed by atoms with Crippen LogP contribution in [0.5, 0.6) is 0 Å². The molecule has 0 N–H and O–H groups in total. The maximum Gasteiger partial charge on any atom is 0.0540 e. The Balaban J connectivity index is 0.981. The van der Waals surface area contributed by atoms with Crippen molar-refractivity contribution in [3.8, 4) is 55.6 Å². The summed E-state index contributed by atoms with van der Waals surface area (Å²) in [6, 6.07) is 68.1. The molecule has 8 aromatic rings. The topological polar surface area (TPSA) is 3.24 Å². The average molecular weight is 838 g/mol. The Bertz CT molecular complexity index is 3280. The Kier molecular flexibility index (Phi) is 7.77. The molecule has 4 bridgehead atoms. The van der Waals surface area contributed by atoms with Crippen molar-refractivity contribution in [3.05, 3.63) is 209 Å². The lowest BCUT2D eigenvalue weighted by Crippen LogP contribution is -2.55. The monoisotopic (exact) mass is 837 g/mol.